The van der Waals surface area contributed by atoms with Crippen molar-refractivity contribution in [3.8, 4) is 16.9 Å². The fraction of sp³-hybridized carbons (Fsp3) is 0.0833. The number of anilines is 2. The normalized spacial score (nSPS) is 11.7. The predicted molar refractivity (Wildman–Crippen MR) is 121 cm³/mol. The first-order chi connectivity index (χ1) is 17.0. The molecule has 36 heavy (non-hydrogen) atoms. The van der Waals surface area contributed by atoms with Gasteiger partial charge in [0.25, 0.3) is 0 Å². The first-order valence-corrected chi connectivity index (χ1v) is 10.3. The first-order valence-electron chi connectivity index (χ1n) is 10.3. The number of rotatable bonds is 6. The quantitative estimate of drug-likeness (QED) is 0.257. The highest BCUT2D eigenvalue weighted by Gasteiger charge is 2.35. The van der Waals surface area contributed by atoms with E-state index in [4.69, 9.17) is 5.11 Å². The van der Waals surface area contributed by atoms with Crippen LogP contribution in [-0.4, -0.2) is 30.8 Å². The van der Waals surface area contributed by atoms with Crippen molar-refractivity contribution in [2.75, 3.05) is 5.32 Å². The second-order valence-corrected chi connectivity index (χ2v) is 7.59. The Hall–Kier alpha value is -4.61. The molecular weight excluding hydrogens is 485 g/mol. The number of benzene rings is 2. The molecule has 12 heteroatoms. The zero-order valence-corrected chi connectivity index (χ0v) is 18.4. The van der Waals surface area contributed by atoms with Crippen LogP contribution in [-0.2, 0) is 11.0 Å². The summed E-state index contributed by atoms with van der Waals surface area (Å²) in [4.78, 5) is 19.3. The molecule has 0 atom stereocenters. The van der Waals surface area contributed by atoms with Crippen LogP contribution in [0.25, 0.3) is 23.0 Å². The average Bonchev–Trinajstić information content (AvgIpc) is 3.19. The van der Waals surface area contributed by atoms with E-state index < -0.39 is 29.5 Å². The number of hydrogen-bond acceptors (Lipinski definition) is 5. The van der Waals surface area contributed by atoms with Crippen molar-refractivity contribution >= 4 is 23.7 Å². The van der Waals surface area contributed by atoms with Crippen molar-refractivity contribution in [1.29, 1.82) is 0 Å². The number of alkyl halides is 3. The van der Waals surface area contributed by atoms with Crippen LogP contribution in [0.4, 0.5) is 33.6 Å². The Morgan fingerprint density at radius 1 is 1.08 bits per heavy atom. The molecule has 0 saturated heterocycles. The van der Waals surface area contributed by atoms with Gasteiger partial charge in [-0.05, 0) is 48.4 Å². The summed E-state index contributed by atoms with van der Waals surface area (Å²) in [5, 5.41) is 15.2. The molecule has 4 rings (SSSR count). The van der Waals surface area contributed by atoms with Gasteiger partial charge in [0.2, 0.25) is 5.95 Å². The van der Waals surface area contributed by atoms with Crippen molar-refractivity contribution in [3.63, 3.8) is 0 Å². The minimum Gasteiger partial charge on any atom is -0.478 e. The molecule has 0 spiro atoms. The van der Waals surface area contributed by atoms with Gasteiger partial charge in [-0.2, -0.15) is 23.3 Å². The molecule has 0 aliphatic heterocycles. The number of carbonyl (C=O) groups is 1. The molecule has 0 radical (unpaired) electrons. The minimum atomic E-state index is -4.70. The van der Waals surface area contributed by atoms with Crippen molar-refractivity contribution < 1.29 is 31.9 Å². The number of nitrogens with zero attached hydrogens (tertiary/aromatic N) is 4. The Labute approximate surface area is 200 Å². The Kier molecular flexibility index (Phi) is 6.51. The highest BCUT2D eigenvalue weighted by molar-refractivity contribution is 5.86. The van der Waals surface area contributed by atoms with E-state index in [2.05, 4.69) is 20.4 Å². The van der Waals surface area contributed by atoms with E-state index in [9.17, 15) is 26.7 Å². The molecule has 4 aromatic rings. The maximum atomic E-state index is 13.6. The molecule has 0 saturated carbocycles. The van der Waals surface area contributed by atoms with Crippen molar-refractivity contribution in [2.24, 2.45) is 0 Å². The third kappa shape index (κ3) is 5.54. The van der Waals surface area contributed by atoms with Crippen molar-refractivity contribution in [3.05, 3.63) is 89.4 Å². The highest BCUT2D eigenvalue weighted by Crippen LogP contribution is 2.32. The van der Waals surface area contributed by atoms with Gasteiger partial charge in [-0.15, -0.1) is 0 Å². The molecule has 7 nitrogen and oxygen atoms in total. The molecule has 0 unspecified atom stereocenters. The Morgan fingerprint density at radius 2 is 1.81 bits per heavy atom. The van der Waals surface area contributed by atoms with Crippen LogP contribution in [0.2, 0.25) is 0 Å². The van der Waals surface area contributed by atoms with Gasteiger partial charge in [0, 0.05) is 35.3 Å². The van der Waals surface area contributed by atoms with Gasteiger partial charge in [-0.3, -0.25) is 0 Å². The lowest BCUT2D eigenvalue weighted by Crippen LogP contribution is -2.10. The molecule has 0 fully saturated rings. The van der Waals surface area contributed by atoms with Gasteiger partial charge in [0.1, 0.15) is 11.6 Å². The molecule has 2 aromatic carbocycles. The van der Waals surface area contributed by atoms with Crippen LogP contribution in [0.3, 0.4) is 0 Å². The van der Waals surface area contributed by atoms with E-state index >= 15 is 0 Å². The summed E-state index contributed by atoms with van der Waals surface area (Å²) in [5.74, 6) is -3.04. The molecule has 2 heterocycles. The summed E-state index contributed by atoms with van der Waals surface area (Å²) < 4.78 is 68.1. The fourth-order valence-corrected chi connectivity index (χ4v) is 3.36. The fourth-order valence-electron chi connectivity index (χ4n) is 3.36. The van der Waals surface area contributed by atoms with E-state index in [1.807, 2.05) is 0 Å². The minimum absolute atomic E-state index is 0.0137. The number of nitrogens with one attached hydrogen (secondary N) is 1. The van der Waals surface area contributed by atoms with Gasteiger partial charge >= 0.3 is 12.1 Å². The summed E-state index contributed by atoms with van der Waals surface area (Å²) in [6.45, 7) is 1.41. The largest absolute Gasteiger partial charge is 0.478 e. The van der Waals surface area contributed by atoms with E-state index in [0.717, 1.165) is 29.0 Å². The number of aromatic nitrogens is 4. The van der Waals surface area contributed by atoms with Gasteiger partial charge < -0.3 is 10.4 Å². The summed E-state index contributed by atoms with van der Waals surface area (Å²) in [6, 6.07) is 10.0. The van der Waals surface area contributed by atoms with Crippen LogP contribution >= 0.6 is 0 Å². The molecular formula is C24H16F5N5O2. The number of halogens is 5. The average molecular weight is 501 g/mol. The number of carboxylic acids is 1. The molecule has 0 aliphatic rings. The molecule has 184 valence electrons. The molecule has 2 N–H and O–H groups in total. The number of aryl methyl sites for hydroxylation is 1. The van der Waals surface area contributed by atoms with Gasteiger partial charge in [-0.25, -0.2) is 23.2 Å². The Morgan fingerprint density at radius 3 is 2.44 bits per heavy atom. The van der Waals surface area contributed by atoms with Crippen LogP contribution in [0, 0.1) is 18.6 Å². The number of aliphatic carboxylic acids is 1. The highest BCUT2D eigenvalue weighted by atomic mass is 19.4. The van der Waals surface area contributed by atoms with E-state index in [1.165, 1.54) is 19.2 Å². The summed E-state index contributed by atoms with van der Waals surface area (Å²) in [5.41, 5.74) is 0.212. The van der Waals surface area contributed by atoms with E-state index in [0.29, 0.717) is 17.2 Å². The molecule has 0 bridgehead atoms. The van der Waals surface area contributed by atoms with E-state index in [-0.39, 0.29) is 28.7 Å². The summed E-state index contributed by atoms with van der Waals surface area (Å²) in [7, 11) is 0. The second kappa shape index (κ2) is 9.56. The standard InChI is InChI=1S/C24H16F5N5O2/c1-13-7-20(24(27,28)29)33-34(13)22-19(15-4-2-3-14(8-15)5-6-21(35)36)12-30-23(32-22)31-18-10-16(25)9-17(26)11-18/h2-12H,1H3,(H,35,36)(H,30,31,32)/b6-5+. The first kappa shape index (κ1) is 24.5. The Balaban J connectivity index is 1.85. The zero-order chi connectivity index (χ0) is 26.0. The topological polar surface area (TPSA) is 92.9 Å². The van der Waals surface area contributed by atoms with Crippen molar-refractivity contribution in [1.82, 2.24) is 19.7 Å². The number of hydrogen-bond donors (Lipinski definition) is 2. The maximum Gasteiger partial charge on any atom is 0.435 e. The van der Waals surface area contributed by atoms with Gasteiger partial charge in [0.05, 0.1) is 0 Å². The molecule has 0 aliphatic carbocycles. The smallest absolute Gasteiger partial charge is 0.435 e. The monoisotopic (exact) mass is 501 g/mol. The zero-order valence-electron chi connectivity index (χ0n) is 18.4. The lowest BCUT2D eigenvalue weighted by molar-refractivity contribution is -0.141. The Bertz CT molecular complexity index is 1460. The maximum absolute atomic E-state index is 13.6. The number of carboxylic acid groups (broad SMARTS) is 1. The van der Waals surface area contributed by atoms with Crippen LogP contribution < -0.4 is 5.32 Å². The third-order valence-electron chi connectivity index (χ3n) is 4.88. The SMILES string of the molecule is Cc1cc(C(F)(F)F)nn1-c1nc(Nc2cc(F)cc(F)c2)ncc1-c1cccc(/C=C/C(=O)O)c1. The molecule has 0 amide bonds. The lowest BCUT2D eigenvalue weighted by Gasteiger charge is -2.13. The van der Waals surface area contributed by atoms with Crippen LogP contribution in [0.5, 0.6) is 0 Å². The summed E-state index contributed by atoms with van der Waals surface area (Å²) in [6.07, 6.45) is -1.10. The van der Waals surface area contributed by atoms with Gasteiger partial charge in [0.15, 0.2) is 11.5 Å². The second-order valence-electron chi connectivity index (χ2n) is 7.59. The van der Waals surface area contributed by atoms with Crippen molar-refractivity contribution in [2.45, 2.75) is 13.1 Å². The third-order valence-corrected chi connectivity index (χ3v) is 4.88. The van der Waals surface area contributed by atoms with E-state index in [1.54, 1.807) is 24.3 Å². The van der Waals surface area contributed by atoms with Crippen LogP contribution in [0.1, 0.15) is 17.0 Å². The predicted octanol–water partition coefficient (Wildman–Crippen LogP) is 5.78. The van der Waals surface area contributed by atoms with Crippen LogP contribution in [0.15, 0.2) is 60.8 Å². The summed E-state index contributed by atoms with van der Waals surface area (Å²) >= 11 is 0. The lowest BCUT2D eigenvalue weighted by atomic mass is 10.0. The molecule has 2 aromatic heterocycles. The van der Waals surface area contributed by atoms with Gasteiger partial charge in [-0.1, -0.05) is 18.2 Å².